The predicted molar refractivity (Wildman–Crippen MR) is 107 cm³/mol. The lowest BCUT2D eigenvalue weighted by molar-refractivity contribution is 0.174. The molecule has 0 radical (unpaired) electrons. The third-order valence-corrected chi connectivity index (χ3v) is 5.14. The second-order valence-corrected chi connectivity index (χ2v) is 6.67. The van der Waals surface area contributed by atoms with Gasteiger partial charge in [0.25, 0.3) is 0 Å². The Kier molecular flexibility index (Phi) is 3.97. The van der Waals surface area contributed by atoms with Gasteiger partial charge in [-0.3, -0.25) is 4.98 Å². The van der Waals surface area contributed by atoms with E-state index in [1.165, 1.54) is 0 Å². The van der Waals surface area contributed by atoms with E-state index in [0.717, 1.165) is 57.8 Å². The van der Waals surface area contributed by atoms with Gasteiger partial charge in [-0.15, -0.1) is 0 Å². The van der Waals surface area contributed by atoms with Crippen molar-refractivity contribution in [3.8, 4) is 34.3 Å². The first kappa shape index (κ1) is 16.7. The van der Waals surface area contributed by atoms with E-state index < -0.39 is 0 Å². The molecule has 0 amide bonds. The Morgan fingerprint density at radius 3 is 2.50 bits per heavy atom. The number of hydrogen-bond acceptors (Lipinski definition) is 6. The lowest BCUT2D eigenvalue weighted by Gasteiger charge is -2.16. The van der Waals surface area contributed by atoms with Crippen LogP contribution < -0.4 is 24.3 Å². The summed E-state index contributed by atoms with van der Waals surface area (Å²) in [6.07, 6.45) is 5.12. The van der Waals surface area contributed by atoms with E-state index in [0.29, 0.717) is 11.5 Å². The zero-order valence-electron chi connectivity index (χ0n) is 15.7. The van der Waals surface area contributed by atoms with Crippen LogP contribution in [0.1, 0.15) is 12.0 Å². The number of nitrogens with zero attached hydrogens (tertiary/aromatic N) is 1. The van der Waals surface area contributed by atoms with Crippen molar-refractivity contribution in [2.24, 2.45) is 0 Å². The monoisotopic (exact) mass is 376 g/mol. The standard InChI is InChI=1S/C22H20N2O4/c1-25-19-9-14-15(10-20(19)26-2)22(24-11-16(14)17-4-3-7-23-17)13-5-6-18-21(8-13)28-12-27-18/h4-6,8-11,23H,3,7,12H2,1-2H3. The molecule has 3 heterocycles. The first-order valence-corrected chi connectivity index (χ1v) is 9.17. The van der Waals surface area contributed by atoms with Gasteiger partial charge in [0.1, 0.15) is 0 Å². The highest BCUT2D eigenvalue weighted by Gasteiger charge is 2.20. The minimum Gasteiger partial charge on any atom is -0.493 e. The molecule has 0 aliphatic carbocycles. The van der Waals surface area contributed by atoms with Gasteiger partial charge < -0.3 is 24.3 Å². The Morgan fingerprint density at radius 1 is 0.964 bits per heavy atom. The first-order valence-electron chi connectivity index (χ1n) is 9.17. The summed E-state index contributed by atoms with van der Waals surface area (Å²) in [5.74, 6) is 2.85. The largest absolute Gasteiger partial charge is 0.493 e. The highest BCUT2D eigenvalue weighted by atomic mass is 16.7. The van der Waals surface area contributed by atoms with Gasteiger partial charge in [0.2, 0.25) is 6.79 Å². The van der Waals surface area contributed by atoms with Gasteiger partial charge in [-0.2, -0.15) is 0 Å². The number of hydrogen-bond donors (Lipinski definition) is 1. The highest BCUT2D eigenvalue weighted by molar-refractivity contribution is 6.02. The summed E-state index contributed by atoms with van der Waals surface area (Å²) >= 11 is 0. The van der Waals surface area contributed by atoms with Crippen LogP contribution in [0.2, 0.25) is 0 Å². The average molecular weight is 376 g/mol. The normalized spacial score (nSPS) is 14.7. The highest BCUT2D eigenvalue weighted by Crippen LogP contribution is 2.41. The Balaban J connectivity index is 1.77. The number of nitrogens with one attached hydrogen (secondary N) is 1. The van der Waals surface area contributed by atoms with Gasteiger partial charge >= 0.3 is 0 Å². The molecule has 5 rings (SSSR count). The van der Waals surface area contributed by atoms with Crippen molar-refractivity contribution in [3.63, 3.8) is 0 Å². The van der Waals surface area contributed by atoms with Crippen molar-refractivity contribution < 1.29 is 18.9 Å². The summed E-state index contributed by atoms with van der Waals surface area (Å²) in [7, 11) is 3.29. The van der Waals surface area contributed by atoms with E-state index >= 15 is 0 Å². The van der Waals surface area contributed by atoms with Crippen LogP contribution in [0.4, 0.5) is 0 Å². The van der Waals surface area contributed by atoms with Crippen LogP contribution in [-0.4, -0.2) is 32.5 Å². The van der Waals surface area contributed by atoms with E-state index in [-0.39, 0.29) is 6.79 Å². The maximum Gasteiger partial charge on any atom is 0.231 e. The molecule has 0 atom stereocenters. The van der Waals surface area contributed by atoms with Crippen molar-refractivity contribution in [1.82, 2.24) is 10.3 Å². The molecule has 0 saturated carbocycles. The maximum absolute atomic E-state index is 5.55. The fourth-order valence-electron chi connectivity index (χ4n) is 3.76. The summed E-state index contributed by atoms with van der Waals surface area (Å²) in [4.78, 5) is 4.80. The number of benzene rings is 2. The van der Waals surface area contributed by atoms with Crippen molar-refractivity contribution in [2.75, 3.05) is 27.6 Å². The van der Waals surface area contributed by atoms with Gasteiger partial charge in [-0.05, 0) is 42.1 Å². The molecule has 2 aliphatic rings. The summed E-state index contributed by atoms with van der Waals surface area (Å²) < 4.78 is 22.1. The molecule has 0 unspecified atom stereocenters. The van der Waals surface area contributed by atoms with Crippen LogP contribution in [0.3, 0.4) is 0 Å². The third-order valence-electron chi connectivity index (χ3n) is 5.14. The zero-order valence-corrected chi connectivity index (χ0v) is 15.7. The fourth-order valence-corrected chi connectivity index (χ4v) is 3.76. The van der Waals surface area contributed by atoms with Gasteiger partial charge in [0.05, 0.1) is 19.9 Å². The topological polar surface area (TPSA) is 61.8 Å². The summed E-state index contributed by atoms with van der Waals surface area (Å²) in [5, 5.41) is 5.48. The molecule has 3 aromatic rings. The fraction of sp³-hybridized carbons (Fsp3) is 0.227. The van der Waals surface area contributed by atoms with Crippen LogP contribution in [0.15, 0.2) is 42.6 Å². The minimum atomic E-state index is 0.247. The molecule has 1 N–H and O–H groups in total. The molecular weight excluding hydrogens is 356 g/mol. The number of aromatic nitrogens is 1. The van der Waals surface area contributed by atoms with Crippen LogP contribution in [0, 0.1) is 0 Å². The number of rotatable bonds is 4. The number of pyridine rings is 1. The Labute approximate surface area is 162 Å². The SMILES string of the molecule is COc1cc2c(C3=CCCN3)cnc(-c3ccc4c(c3)OCO4)c2cc1OC. The predicted octanol–water partition coefficient (Wildman–Crippen LogP) is 3.98. The van der Waals surface area contributed by atoms with Crippen LogP contribution in [0.25, 0.3) is 27.7 Å². The average Bonchev–Trinajstić information content (AvgIpc) is 3.43. The van der Waals surface area contributed by atoms with E-state index in [1.54, 1.807) is 14.2 Å². The summed E-state index contributed by atoms with van der Waals surface area (Å²) in [6, 6.07) is 9.88. The zero-order chi connectivity index (χ0) is 19.1. The van der Waals surface area contributed by atoms with E-state index in [4.69, 9.17) is 23.9 Å². The second kappa shape index (κ2) is 6.64. The van der Waals surface area contributed by atoms with Gasteiger partial charge in [0.15, 0.2) is 23.0 Å². The maximum atomic E-state index is 5.55. The van der Waals surface area contributed by atoms with Gasteiger partial charge in [-0.25, -0.2) is 0 Å². The Hall–Kier alpha value is -3.41. The molecule has 1 aromatic heterocycles. The molecular formula is C22H20N2O4. The first-order chi connectivity index (χ1) is 13.8. The Morgan fingerprint density at radius 2 is 1.75 bits per heavy atom. The van der Waals surface area contributed by atoms with Crippen LogP contribution in [0.5, 0.6) is 23.0 Å². The molecule has 142 valence electrons. The Bertz CT molecular complexity index is 1110. The van der Waals surface area contributed by atoms with Crippen molar-refractivity contribution >= 4 is 16.5 Å². The minimum absolute atomic E-state index is 0.247. The lowest BCUT2D eigenvalue weighted by Crippen LogP contribution is -2.07. The molecule has 6 heteroatoms. The molecule has 0 bridgehead atoms. The van der Waals surface area contributed by atoms with Crippen LogP contribution in [-0.2, 0) is 0 Å². The molecule has 0 spiro atoms. The van der Waals surface area contributed by atoms with Crippen molar-refractivity contribution in [3.05, 3.63) is 48.2 Å². The summed E-state index contributed by atoms with van der Waals surface area (Å²) in [6.45, 7) is 1.19. The molecule has 0 fully saturated rings. The summed E-state index contributed by atoms with van der Waals surface area (Å²) in [5.41, 5.74) is 3.97. The van der Waals surface area contributed by atoms with Crippen molar-refractivity contribution in [1.29, 1.82) is 0 Å². The van der Waals surface area contributed by atoms with Gasteiger partial charge in [0, 0.05) is 35.0 Å². The third kappa shape index (κ3) is 2.60. The van der Waals surface area contributed by atoms with Crippen molar-refractivity contribution in [2.45, 2.75) is 6.42 Å². The number of methoxy groups -OCH3 is 2. The molecule has 28 heavy (non-hydrogen) atoms. The number of fused-ring (bicyclic) bond motifs is 2. The molecule has 0 saturated heterocycles. The van der Waals surface area contributed by atoms with E-state index in [2.05, 4.69) is 11.4 Å². The molecule has 2 aliphatic heterocycles. The van der Waals surface area contributed by atoms with E-state index in [9.17, 15) is 0 Å². The quantitative estimate of drug-likeness (QED) is 0.743. The lowest BCUT2D eigenvalue weighted by atomic mass is 9.98. The molecule has 6 nitrogen and oxygen atoms in total. The smallest absolute Gasteiger partial charge is 0.231 e. The van der Waals surface area contributed by atoms with E-state index in [1.807, 2.05) is 36.5 Å². The number of ether oxygens (including phenoxy) is 4. The molecule has 2 aromatic carbocycles. The second-order valence-electron chi connectivity index (χ2n) is 6.67. The van der Waals surface area contributed by atoms with Gasteiger partial charge in [-0.1, -0.05) is 6.08 Å². The van der Waals surface area contributed by atoms with Crippen LogP contribution >= 0.6 is 0 Å².